The van der Waals surface area contributed by atoms with Crippen LogP contribution in [-0.4, -0.2) is 60.6 Å². The second-order valence-electron chi connectivity index (χ2n) is 8.73. The van der Waals surface area contributed by atoms with Crippen LogP contribution >= 0.6 is 0 Å². The molecule has 2 aliphatic rings. The number of carbonyl (C=O) groups is 3. The predicted octanol–water partition coefficient (Wildman–Crippen LogP) is 2.57. The van der Waals surface area contributed by atoms with Crippen LogP contribution in [0.15, 0.2) is 18.2 Å². The zero-order chi connectivity index (χ0) is 21.0. The third kappa shape index (κ3) is 5.04. The third-order valence-corrected chi connectivity index (χ3v) is 6.15. The summed E-state index contributed by atoms with van der Waals surface area (Å²) in [5.41, 5.74) is 3.00. The standard InChI is InChI=1S/C23H33N3O3/c1-16(2)13-25-10-8-17(9-11-25)18-4-6-21-19(12-18)14-26(23(21)29)20(15-27)5-7-22(28)24-3/h4,6,12,15-17,20H,5,7-11,13-14H2,1-3H3,(H,24,28). The van der Waals surface area contributed by atoms with Crippen molar-refractivity contribution in [1.29, 1.82) is 0 Å². The number of nitrogens with zero attached hydrogens (tertiary/aromatic N) is 2. The molecule has 0 radical (unpaired) electrons. The van der Waals surface area contributed by atoms with Crippen LogP contribution in [0.2, 0.25) is 0 Å². The first-order valence-corrected chi connectivity index (χ1v) is 10.7. The van der Waals surface area contributed by atoms with E-state index in [0.717, 1.165) is 44.3 Å². The molecule has 2 amide bonds. The Morgan fingerprint density at radius 1 is 1.28 bits per heavy atom. The second kappa shape index (κ2) is 9.53. The maximum Gasteiger partial charge on any atom is 0.255 e. The van der Waals surface area contributed by atoms with Gasteiger partial charge in [-0.25, -0.2) is 0 Å². The van der Waals surface area contributed by atoms with Crippen molar-refractivity contribution in [3.05, 3.63) is 34.9 Å². The molecule has 2 aliphatic heterocycles. The minimum Gasteiger partial charge on any atom is -0.359 e. The first kappa shape index (κ1) is 21.5. The van der Waals surface area contributed by atoms with Crippen LogP contribution in [-0.2, 0) is 16.1 Å². The van der Waals surface area contributed by atoms with E-state index >= 15 is 0 Å². The molecule has 3 rings (SSSR count). The Balaban J connectivity index is 1.65. The number of amides is 2. The zero-order valence-electron chi connectivity index (χ0n) is 17.8. The van der Waals surface area contributed by atoms with Crippen LogP contribution in [0.5, 0.6) is 0 Å². The summed E-state index contributed by atoms with van der Waals surface area (Å²) < 4.78 is 0. The number of piperidine rings is 1. The Morgan fingerprint density at radius 2 is 2.00 bits per heavy atom. The molecule has 2 heterocycles. The van der Waals surface area contributed by atoms with E-state index in [1.165, 1.54) is 5.56 Å². The van der Waals surface area contributed by atoms with Crippen molar-refractivity contribution in [2.75, 3.05) is 26.7 Å². The Labute approximate surface area is 173 Å². The Hall–Kier alpha value is -2.21. The molecule has 29 heavy (non-hydrogen) atoms. The third-order valence-electron chi connectivity index (χ3n) is 6.15. The molecule has 0 aromatic heterocycles. The molecule has 0 saturated carbocycles. The molecule has 1 atom stereocenters. The highest BCUT2D eigenvalue weighted by Gasteiger charge is 2.33. The van der Waals surface area contributed by atoms with Gasteiger partial charge < -0.3 is 19.9 Å². The first-order chi connectivity index (χ1) is 13.9. The molecule has 1 N–H and O–H groups in total. The topological polar surface area (TPSA) is 69.7 Å². The van der Waals surface area contributed by atoms with E-state index in [1.54, 1.807) is 11.9 Å². The van der Waals surface area contributed by atoms with Crippen molar-refractivity contribution in [3.63, 3.8) is 0 Å². The summed E-state index contributed by atoms with van der Waals surface area (Å²) in [5.74, 6) is 1.00. The maximum absolute atomic E-state index is 12.8. The van der Waals surface area contributed by atoms with Crippen molar-refractivity contribution < 1.29 is 14.4 Å². The van der Waals surface area contributed by atoms with E-state index in [9.17, 15) is 14.4 Å². The first-order valence-electron chi connectivity index (χ1n) is 10.7. The Morgan fingerprint density at radius 3 is 2.62 bits per heavy atom. The van der Waals surface area contributed by atoms with Gasteiger partial charge in [0, 0.05) is 32.1 Å². The van der Waals surface area contributed by atoms with Gasteiger partial charge >= 0.3 is 0 Å². The highest BCUT2D eigenvalue weighted by molar-refractivity contribution is 5.99. The number of benzene rings is 1. The number of hydrogen-bond acceptors (Lipinski definition) is 4. The van der Waals surface area contributed by atoms with Gasteiger partial charge in [-0.15, -0.1) is 0 Å². The van der Waals surface area contributed by atoms with Gasteiger partial charge in [0.2, 0.25) is 5.91 Å². The number of rotatable bonds is 8. The summed E-state index contributed by atoms with van der Waals surface area (Å²) in [6.07, 6.45) is 3.67. The predicted molar refractivity (Wildman–Crippen MR) is 113 cm³/mol. The van der Waals surface area contributed by atoms with Crippen LogP contribution in [0, 0.1) is 5.92 Å². The van der Waals surface area contributed by atoms with Gasteiger partial charge in [-0.05, 0) is 61.4 Å². The average molecular weight is 400 g/mol. The molecular weight excluding hydrogens is 366 g/mol. The normalized spacial score (nSPS) is 18.8. The number of aldehydes is 1. The molecule has 158 valence electrons. The molecule has 0 aliphatic carbocycles. The SMILES string of the molecule is CNC(=O)CCC(C=O)N1Cc2cc(C3CCN(CC(C)C)CC3)ccc2C1=O. The molecule has 1 fully saturated rings. The van der Waals surface area contributed by atoms with E-state index in [-0.39, 0.29) is 18.2 Å². The summed E-state index contributed by atoms with van der Waals surface area (Å²) in [6, 6.07) is 5.61. The molecule has 1 aromatic rings. The average Bonchev–Trinajstić information content (AvgIpc) is 3.04. The molecule has 6 nitrogen and oxygen atoms in total. The molecular formula is C23H33N3O3. The summed E-state index contributed by atoms with van der Waals surface area (Å²) in [6.45, 7) is 8.37. The zero-order valence-corrected chi connectivity index (χ0v) is 17.8. The van der Waals surface area contributed by atoms with Gasteiger partial charge in [0.25, 0.3) is 5.91 Å². The molecule has 1 saturated heterocycles. The number of hydrogen-bond donors (Lipinski definition) is 1. The lowest BCUT2D eigenvalue weighted by Gasteiger charge is -2.33. The lowest BCUT2D eigenvalue weighted by molar-refractivity contribution is -0.121. The summed E-state index contributed by atoms with van der Waals surface area (Å²) >= 11 is 0. The van der Waals surface area contributed by atoms with Gasteiger partial charge in [0.05, 0.1) is 6.04 Å². The van der Waals surface area contributed by atoms with E-state index in [4.69, 9.17) is 0 Å². The molecule has 6 heteroatoms. The fraction of sp³-hybridized carbons (Fsp3) is 0.609. The van der Waals surface area contributed by atoms with E-state index < -0.39 is 6.04 Å². The van der Waals surface area contributed by atoms with E-state index in [1.807, 2.05) is 6.07 Å². The number of likely N-dealkylation sites (tertiary alicyclic amines) is 1. The Bertz CT molecular complexity index is 754. The van der Waals surface area contributed by atoms with Crippen LogP contribution in [0.25, 0.3) is 0 Å². The fourth-order valence-electron chi connectivity index (χ4n) is 4.55. The molecule has 1 unspecified atom stereocenters. The van der Waals surface area contributed by atoms with Crippen LogP contribution in [0.1, 0.15) is 66.9 Å². The van der Waals surface area contributed by atoms with Gasteiger partial charge in [-0.2, -0.15) is 0 Å². The minimum atomic E-state index is -0.560. The van der Waals surface area contributed by atoms with Crippen LogP contribution in [0.4, 0.5) is 0 Å². The highest BCUT2D eigenvalue weighted by atomic mass is 16.2. The summed E-state index contributed by atoms with van der Waals surface area (Å²) in [5, 5.41) is 2.56. The smallest absolute Gasteiger partial charge is 0.255 e. The largest absolute Gasteiger partial charge is 0.359 e. The number of nitrogens with one attached hydrogen (secondary N) is 1. The van der Waals surface area contributed by atoms with Gasteiger partial charge in [-0.1, -0.05) is 26.0 Å². The summed E-state index contributed by atoms with van der Waals surface area (Å²) in [7, 11) is 1.57. The molecule has 0 bridgehead atoms. The van der Waals surface area contributed by atoms with Crippen LogP contribution in [0.3, 0.4) is 0 Å². The van der Waals surface area contributed by atoms with E-state index in [2.05, 4.69) is 36.2 Å². The quantitative estimate of drug-likeness (QED) is 0.682. The van der Waals surface area contributed by atoms with Gasteiger partial charge in [0.1, 0.15) is 6.29 Å². The van der Waals surface area contributed by atoms with Gasteiger partial charge in [-0.3, -0.25) is 9.59 Å². The van der Waals surface area contributed by atoms with Gasteiger partial charge in [0.15, 0.2) is 0 Å². The second-order valence-corrected chi connectivity index (χ2v) is 8.73. The number of carbonyl (C=O) groups excluding carboxylic acids is 3. The molecule has 0 spiro atoms. The van der Waals surface area contributed by atoms with Crippen molar-refractivity contribution in [1.82, 2.24) is 15.1 Å². The molecule has 1 aromatic carbocycles. The van der Waals surface area contributed by atoms with Crippen LogP contribution < -0.4 is 5.32 Å². The fourth-order valence-corrected chi connectivity index (χ4v) is 4.55. The monoisotopic (exact) mass is 399 g/mol. The van der Waals surface area contributed by atoms with Crippen molar-refractivity contribution in [2.45, 2.75) is 58.0 Å². The number of fused-ring (bicyclic) bond motifs is 1. The lowest BCUT2D eigenvalue weighted by atomic mass is 9.87. The Kier molecular flexibility index (Phi) is 7.06. The van der Waals surface area contributed by atoms with Crippen molar-refractivity contribution in [2.24, 2.45) is 5.92 Å². The maximum atomic E-state index is 12.8. The minimum absolute atomic E-state index is 0.104. The summed E-state index contributed by atoms with van der Waals surface area (Å²) in [4.78, 5) is 40.0. The van der Waals surface area contributed by atoms with Crippen molar-refractivity contribution >= 4 is 18.1 Å². The van der Waals surface area contributed by atoms with E-state index in [0.29, 0.717) is 30.4 Å². The lowest BCUT2D eigenvalue weighted by Crippen LogP contribution is -2.37. The highest BCUT2D eigenvalue weighted by Crippen LogP contribution is 2.33. The van der Waals surface area contributed by atoms with Crippen molar-refractivity contribution in [3.8, 4) is 0 Å².